The van der Waals surface area contributed by atoms with Gasteiger partial charge in [0.25, 0.3) is 10.0 Å². The summed E-state index contributed by atoms with van der Waals surface area (Å²) in [5.74, 6) is -2.71. The van der Waals surface area contributed by atoms with E-state index in [9.17, 15) is 26.4 Å². The molecule has 0 spiro atoms. The Bertz CT molecular complexity index is 869. The number of nitrogens with one attached hydrogen (secondary N) is 1. The molecule has 0 radical (unpaired) electrons. The molecule has 14 heteroatoms. The topological polar surface area (TPSA) is 110 Å². The maximum absolute atomic E-state index is 13.0. The van der Waals surface area contributed by atoms with E-state index in [-0.39, 0.29) is 18.9 Å². The molecule has 2 aliphatic rings. The number of hydrogen-bond donors (Lipinski definition) is 2. The molecule has 0 atom stereocenters. The molecule has 34 heavy (non-hydrogen) atoms. The van der Waals surface area contributed by atoms with Crippen LogP contribution in [0.2, 0.25) is 0 Å². The summed E-state index contributed by atoms with van der Waals surface area (Å²) in [5, 5.41) is 12.1. The normalized spacial score (nSPS) is 17.5. The van der Waals surface area contributed by atoms with Gasteiger partial charge in [-0.25, -0.2) is 13.2 Å². The van der Waals surface area contributed by atoms with E-state index in [1.807, 2.05) is 4.90 Å². The molecular formula is C20H31F3N4O5S2. The van der Waals surface area contributed by atoms with Gasteiger partial charge in [-0.05, 0) is 50.3 Å². The number of carboxylic acids is 1. The van der Waals surface area contributed by atoms with E-state index < -0.39 is 22.2 Å². The maximum atomic E-state index is 13.0. The Kier molecular flexibility index (Phi) is 11.2. The number of thiophene rings is 1. The molecule has 2 aliphatic heterocycles. The summed E-state index contributed by atoms with van der Waals surface area (Å²) in [5.41, 5.74) is 0. The van der Waals surface area contributed by atoms with E-state index in [1.165, 1.54) is 28.5 Å². The first-order valence-corrected chi connectivity index (χ1v) is 13.4. The Labute approximate surface area is 201 Å². The molecule has 0 aliphatic carbocycles. The standard InChI is InChI=1S/C18H30N4O3S2.C2HF3O2/c23-17(21-14-7-19-8-15-21)6-13-22(12-4-11-20-9-1-2-10-20)27(24,25)18-5-3-16-26-18;3-2(4,5)1(6)7/h3,5,16,19H,1-2,4,6-15H2;(H,6,7). The SMILES string of the molecule is O=C(CCN(CCCN1CCCC1)S(=O)(=O)c1cccs1)N1CCNCC1.O=C(O)C(F)(F)F. The molecule has 1 amide bonds. The van der Waals surface area contributed by atoms with Crippen LogP contribution in [0.4, 0.5) is 13.2 Å². The van der Waals surface area contributed by atoms with Gasteiger partial charge in [-0.1, -0.05) is 6.07 Å². The lowest BCUT2D eigenvalue weighted by atomic mass is 10.3. The van der Waals surface area contributed by atoms with Gasteiger partial charge >= 0.3 is 12.1 Å². The summed E-state index contributed by atoms with van der Waals surface area (Å²) in [4.78, 5) is 25.6. The van der Waals surface area contributed by atoms with Crippen molar-refractivity contribution in [2.75, 3.05) is 58.9 Å². The van der Waals surface area contributed by atoms with Gasteiger partial charge in [-0.2, -0.15) is 17.5 Å². The highest BCUT2D eigenvalue weighted by Crippen LogP contribution is 2.22. The van der Waals surface area contributed by atoms with E-state index in [4.69, 9.17) is 9.90 Å². The van der Waals surface area contributed by atoms with E-state index >= 15 is 0 Å². The Balaban J connectivity index is 0.000000509. The summed E-state index contributed by atoms with van der Waals surface area (Å²) in [6.45, 7) is 6.86. The Hall–Kier alpha value is -1.74. The van der Waals surface area contributed by atoms with Crippen LogP contribution in [0.1, 0.15) is 25.7 Å². The number of piperazine rings is 1. The van der Waals surface area contributed by atoms with Gasteiger partial charge in [0, 0.05) is 45.7 Å². The third-order valence-electron chi connectivity index (χ3n) is 5.46. The van der Waals surface area contributed by atoms with Gasteiger partial charge in [0.05, 0.1) is 0 Å². The summed E-state index contributed by atoms with van der Waals surface area (Å²) in [6, 6.07) is 3.40. The molecule has 2 saturated heterocycles. The molecule has 194 valence electrons. The summed E-state index contributed by atoms with van der Waals surface area (Å²) < 4.78 is 59.6. The van der Waals surface area contributed by atoms with Crippen LogP contribution in [0.3, 0.4) is 0 Å². The molecule has 3 heterocycles. The van der Waals surface area contributed by atoms with Crippen molar-refractivity contribution in [2.24, 2.45) is 0 Å². The average Bonchev–Trinajstić information content (AvgIpc) is 3.51. The maximum Gasteiger partial charge on any atom is 0.490 e. The van der Waals surface area contributed by atoms with E-state index in [0.29, 0.717) is 23.8 Å². The predicted molar refractivity (Wildman–Crippen MR) is 121 cm³/mol. The number of alkyl halides is 3. The van der Waals surface area contributed by atoms with Crippen molar-refractivity contribution in [3.05, 3.63) is 17.5 Å². The van der Waals surface area contributed by atoms with Crippen LogP contribution in [-0.2, 0) is 19.6 Å². The lowest BCUT2D eigenvalue weighted by Gasteiger charge is -2.29. The average molecular weight is 529 g/mol. The fourth-order valence-electron chi connectivity index (χ4n) is 3.66. The molecular weight excluding hydrogens is 497 g/mol. The van der Waals surface area contributed by atoms with E-state index in [0.717, 1.165) is 39.1 Å². The number of nitrogens with zero attached hydrogens (tertiary/aromatic N) is 3. The fraction of sp³-hybridized carbons (Fsp3) is 0.700. The molecule has 3 rings (SSSR count). The Morgan fingerprint density at radius 1 is 1.12 bits per heavy atom. The number of likely N-dealkylation sites (tertiary alicyclic amines) is 1. The highest BCUT2D eigenvalue weighted by atomic mass is 32.2. The zero-order valence-corrected chi connectivity index (χ0v) is 20.4. The van der Waals surface area contributed by atoms with Crippen LogP contribution >= 0.6 is 11.3 Å². The summed E-state index contributed by atoms with van der Waals surface area (Å²) >= 11 is 1.24. The zero-order valence-electron chi connectivity index (χ0n) is 18.8. The first kappa shape index (κ1) is 28.5. The molecule has 0 aromatic carbocycles. The van der Waals surface area contributed by atoms with Crippen LogP contribution in [0.5, 0.6) is 0 Å². The number of sulfonamides is 1. The van der Waals surface area contributed by atoms with Gasteiger partial charge in [-0.15, -0.1) is 11.3 Å². The van der Waals surface area contributed by atoms with Crippen molar-refractivity contribution in [2.45, 2.75) is 36.1 Å². The van der Waals surface area contributed by atoms with Gasteiger partial charge in [0.1, 0.15) is 4.21 Å². The number of rotatable bonds is 9. The van der Waals surface area contributed by atoms with Crippen molar-refractivity contribution in [1.29, 1.82) is 0 Å². The number of carboxylic acid groups (broad SMARTS) is 1. The number of aliphatic carboxylic acids is 1. The van der Waals surface area contributed by atoms with E-state index in [2.05, 4.69) is 10.2 Å². The third kappa shape index (κ3) is 9.13. The van der Waals surface area contributed by atoms with Crippen molar-refractivity contribution < 1.29 is 36.3 Å². The first-order chi connectivity index (χ1) is 16.0. The van der Waals surface area contributed by atoms with Crippen molar-refractivity contribution in [3.8, 4) is 0 Å². The molecule has 1 aromatic heterocycles. The molecule has 0 unspecified atom stereocenters. The second kappa shape index (κ2) is 13.4. The van der Waals surface area contributed by atoms with E-state index in [1.54, 1.807) is 17.5 Å². The number of amides is 1. The van der Waals surface area contributed by atoms with Crippen molar-refractivity contribution >= 4 is 33.2 Å². The van der Waals surface area contributed by atoms with Gasteiger partial charge in [0.2, 0.25) is 5.91 Å². The minimum Gasteiger partial charge on any atom is -0.475 e. The van der Waals surface area contributed by atoms with Crippen molar-refractivity contribution in [3.63, 3.8) is 0 Å². The number of carbonyl (C=O) groups is 2. The Morgan fingerprint density at radius 2 is 1.74 bits per heavy atom. The highest BCUT2D eigenvalue weighted by molar-refractivity contribution is 7.91. The molecule has 2 N–H and O–H groups in total. The lowest BCUT2D eigenvalue weighted by Crippen LogP contribution is -2.47. The van der Waals surface area contributed by atoms with Crippen LogP contribution in [-0.4, -0.2) is 105 Å². The quantitative estimate of drug-likeness (QED) is 0.502. The van der Waals surface area contributed by atoms with Crippen LogP contribution in [0, 0.1) is 0 Å². The lowest BCUT2D eigenvalue weighted by molar-refractivity contribution is -0.192. The van der Waals surface area contributed by atoms with Gasteiger partial charge in [-0.3, -0.25) is 4.79 Å². The third-order valence-corrected chi connectivity index (χ3v) is 8.73. The number of carbonyl (C=O) groups excluding carboxylic acids is 1. The highest BCUT2D eigenvalue weighted by Gasteiger charge is 2.38. The van der Waals surface area contributed by atoms with Crippen LogP contribution < -0.4 is 5.32 Å². The smallest absolute Gasteiger partial charge is 0.475 e. The Morgan fingerprint density at radius 3 is 2.26 bits per heavy atom. The van der Waals surface area contributed by atoms with Gasteiger partial charge < -0.3 is 20.2 Å². The monoisotopic (exact) mass is 528 g/mol. The van der Waals surface area contributed by atoms with Crippen LogP contribution in [0.25, 0.3) is 0 Å². The minimum atomic E-state index is -5.08. The number of hydrogen-bond acceptors (Lipinski definition) is 7. The molecule has 9 nitrogen and oxygen atoms in total. The fourth-order valence-corrected chi connectivity index (χ4v) is 6.28. The minimum absolute atomic E-state index is 0.0439. The van der Waals surface area contributed by atoms with Gasteiger partial charge in [0.15, 0.2) is 0 Å². The predicted octanol–water partition coefficient (Wildman–Crippen LogP) is 1.68. The second-order valence-electron chi connectivity index (χ2n) is 7.92. The van der Waals surface area contributed by atoms with Crippen molar-refractivity contribution in [1.82, 2.24) is 19.4 Å². The zero-order chi connectivity index (χ0) is 25.2. The first-order valence-electron chi connectivity index (χ1n) is 11.1. The molecule has 0 bridgehead atoms. The second-order valence-corrected chi connectivity index (χ2v) is 11.0. The number of halogens is 3. The molecule has 1 aromatic rings. The summed E-state index contributed by atoms with van der Waals surface area (Å²) in [7, 11) is -3.53. The largest absolute Gasteiger partial charge is 0.490 e. The summed E-state index contributed by atoms with van der Waals surface area (Å²) in [6.07, 6.45) is -1.58. The molecule has 2 fully saturated rings. The molecule has 0 saturated carbocycles. The van der Waals surface area contributed by atoms with Crippen LogP contribution in [0.15, 0.2) is 21.7 Å².